The Morgan fingerprint density at radius 2 is 1.71 bits per heavy atom. The molecule has 0 aromatic heterocycles. The van der Waals surface area contributed by atoms with Crippen molar-refractivity contribution >= 4 is 9.84 Å². The van der Waals surface area contributed by atoms with E-state index in [2.05, 4.69) is 0 Å². The molecule has 0 amide bonds. The molecule has 1 saturated carbocycles. The van der Waals surface area contributed by atoms with Crippen LogP contribution in [0, 0.1) is 5.92 Å². The molecule has 0 aliphatic heterocycles. The lowest BCUT2D eigenvalue weighted by Crippen LogP contribution is -2.31. The quantitative estimate of drug-likeness (QED) is 0.779. The van der Waals surface area contributed by atoms with E-state index in [4.69, 9.17) is 5.73 Å². The van der Waals surface area contributed by atoms with Crippen molar-refractivity contribution in [2.75, 3.05) is 5.75 Å². The summed E-state index contributed by atoms with van der Waals surface area (Å²) in [7, 11) is -2.86. The third kappa shape index (κ3) is 3.24. The summed E-state index contributed by atoms with van der Waals surface area (Å²) < 4.78 is 23.3. The molecule has 0 aromatic carbocycles. The van der Waals surface area contributed by atoms with Crippen LogP contribution in [0.5, 0.6) is 0 Å². The first-order valence-corrected chi connectivity index (χ1v) is 7.10. The molecule has 0 bridgehead atoms. The molecule has 1 fully saturated rings. The number of hydrogen-bond acceptors (Lipinski definition) is 3. The van der Waals surface area contributed by atoms with Gasteiger partial charge in [0.2, 0.25) is 0 Å². The summed E-state index contributed by atoms with van der Waals surface area (Å²) in [5.41, 5.74) is 5.77. The van der Waals surface area contributed by atoms with Crippen molar-refractivity contribution in [3.63, 3.8) is 0 Å². The first kappa shape index (κ1) is 12.0. The Morgan fingerprint density at radius 1 is 1.21 bits per heavy atom. The van der Waals surface area contributed by atoms with Gasteiger partial charge in [-0.25, -0.2) is 8.42 Å². The van der Waals surface area contributed by atoms with Gasteiger partial charge in [-0.15, -0.1) is 0 Å². The molecule has 0 radical (unpaired) electrons. The van der Waals surface area contributed by atoms with Gasteiger partial charge in [0.1, 0.15) is 0 Å². The van der Waals surface area contributed by atoms with E-state index >= 15 is 0 Å². The zero-order valence-electron chi connectivity index (χ0n) is 9.07. The van der Waals surface area contributed by atoms with E-state index in [-0.39, 0.29) is 5.25 Å². The molecule has 3 nitrogen and oxygen atoms in total. The van der Waals surface area contributed by atoms with Gasteiger partial charge in [0.15, 0.2) is 9.84 Å². The Bertz CT molecular complexity index is 264. The Morgan fingerprint density at radius 3 is 2.14 bits per heavy atom. The third-order valence-corrected chi connectivity index (χ3v) is 5.45. The average molecular weight is 219 g/mol. The molecule has 4 heteroatoms. The molecule has 0 unspecified atom stereocenters. The zero-order chi connectivity index (χ0) is 10.8. The van der Waals surface area contributed by atoms with Crippen LogP contribution in [0.15, 0.2) is 0 Å². The van der Waals surface area contributed by atoms with Crippen LogP contribution in [0.25, 0.3) is 0 Å². The van der Waals surface area contributed by atoms with Crippen molar-refractivity contribution in [3.05, 3.63) is 0 Å². The van der Waals surface area contributed by atoms with Gasteiger partial charge in [-0.2, -0.15) is 0 Å². The van der Waals surface area contributed by atoms with Crippen LogP contribution in [0.3, 0.4) is 0 Å². The summed E-state index contributed by atoms with van der Waals surface area (Å²) in [6.07, 6.45) is 3.93. The van der Waals surface area contributed by atoms with Crippen LogP contribution in [-0.4, -0.2) is 25.5 Å². The van der Waals surface area contributed by atoms with Crippen molar-refractivity contribution in [1.29, 1.82) is 0 Å². The van der Waals surface area contributed by atoms with Crippen LogP contribution in [0.2, 0.25) is 0 Å². The van der Waals surface area contributed by atoms with Crippen LogP contribution in [-0.2, 0) is 9.84 Å². The highest BCUT2D eigenvalue weighted by atomic mass is 32.2. The minimum atomic E-state index is -2.86. The first-order chi connectivity index (χ1) is 6.42. The summed E-state index contributed by atoms with van der Waals surface area (Å²) in [4.78, 5) is 0. The summed E-state index contributed by atoms with van der Waals surface area (Å²) in [5.74, 6) is 0.708. The Labute approximate surface area is 87.0 Å². The zero-order valence-corrected chi connectivity index (χ0v) is 9.89. The fourth-order valence-corrected chi connectivity index (χ4v) is 3.25. The summed E-state index contributed by atoms with van der Waals surface area (Å²) in [6.45, 7) is 3.51. The molecule has 84 valence electrons. The number of rotatable bonds is 3. The summed E-state index contributed by atoms with van der Waals surface area (Å²) >= 11 is 0. The van der Waals surface area contributed by atoms with Gasteiger partial charge in [-0.05, 0) is 45.4 Å². The van der Waals surface area contributed by atoms with E-state index in [1.165, 1.54) is 0 Å². The molecule has 1 aliphatic carbocycles. The molecule has 1 aliphatic rings. The fourth-order valence-electron chi connectivity index (χ4n) is 1.88. The standard InChI is InChI=1S/C10H21NO2S/c1-8(2)14(12,13)7-9-3-5-10(11)6-4-9/h8-10H,3-7,11H2,1-2H3. The molecule has 0 heterocycles. The van der Waals surface area contributed by atoms with Crippen molar-refractivity contribution in [3.8, 4) is 0 Å². The van der Waals surface area contributed by atoms with Gasteiger partial charge in [0, 0.05) is 6.04 Å². The van der Waals surface area contributed by atoms with E-state index in [0.29, 0.717) is 17.7 Å². The van der Waals surface area contributed by atoms with Gasteiger partial charge in [-0.3, -0.25) is 0 Å². The molecule has 1 rings (SSSR count). The summed E-state index contributed by atoms with van der Waals surface area (Å²) in [6, 6.07) is 0.299. The Kier molecular flexibility index (Phi) is 3.95. The first-order valence-electron chi connectivity index (χ1n) is 5.39. The average Bonchev–Trinajstić information content (AvgIpc) is 2.08. The van der Waals surface area contributed by atoms with Gasteiger partial charge in [0.25, 0.3) is 0 Å². The highest BCUT2D eigenvalue weighted by Crippen LogP contribution is 2.25. The van der Waals surface area contributed by atoms with Crippen LogP contribution in [0.1, 0.15) is 39.5 Å². The highest BCUT2D eigenvalue weighted by molar-refractivity contribution is 7.91. The number of nitrogens with two attached hydrogens (primary N) is 1. The minimum Gasteiger partial charge on any atom is -0.328 e. The number of sulfone groups is 1. The maximum absolute atomic E-state index is 11.6. The molecule has 0 spiro atoms. The van der Waals surface area contributed by atoms with Gasteiger partial charge in [0.05, 0.1) is 11.0 Å². The largest absolute Gasteiger partial charge is 0.328 e. The molecular weight excluding hydrogens is 198 g/mol. The topological polar surface area (TPSA) is 60.2 Å². The molecule has 0 aromatic rings. The van der Waals surface area contributed by atoms with Crippen LogP contribution in [0.4, 0.5) is 0 Å². The predicted molar refractivity (Wildman–Crippen MR) is 58.9 cm³/mol. The fraction of sp³-hybridized carbons (Fsp3) is 1.00. The Balaban J connectivity index is 2.46. The minimum absolute atomic E-state index is 0.238. The van der Waals surface area contributed by atoms with Crippen molar-refractivity contribution in [2.24, 2.45) is 11.7 Å². The van der Waals surface area contributed by atoms with Crippen LogP contribution < -0.4 is 5.73 Å². The summed E-state index contributed by atoms with van der Waals surface area (Å²) in [5, 5.41) is -0.238. The maximum atomic E-state index is 11.6. The SMILES string of the molecule is CC(C)S(=O)(=O)CC1CCC(N)CC1. The maximum Gasteiger partial charge on any atom is 0.152 e. The van der Waals surface area contributed by atoms with E-state index in [9.17, 15) is 8.42 Å². The van der Waals surface area contributed by atoms with Crippen LogP contribution >= 0.6 is 0 Å². The lowest BCUT2D eigenvalue weighted by Gasteiger charge is -2.26. The van der Waals surface area contributed by atoms with E-state index in [1.807, 2.05) is 0 Å². The molecule has 0 atom stereocenters. The Hall–Kier alpha value is -0.0900. The highest BCUT2D eigenvalue weighted by Gasteiger charge is 2.25. The second-order valence-electron chi connectivity index (χ2n) is 4.66. The van der Waals surface area contributed by atoms with Crippen molar-refractivity contribution in [1.82, 2.24) is 0 Å². The molecule has 2 N–H and O–H groups in total. The molecular formula is C10H21NO2S. The van der Waals surface area contributed by atoms with E-state index in [0.717, 1.165) is 25.7 Å². The lowest BCUT2D eigenvalue weighted by molar-refractivity contribution is 0.348. The third-order valence-electron chi connectivity index (χ3n) is 3.08. The normalized spacial score (nSPS) is 29.4. The number of hydrogen-bond donors (Lipinski definition) is 1. The predicted octanol–water partition coefficient (Wildman–Crippen LogP) is 1.33. The molecule has 14 heavy (non-hydrogen) atoms. The lowest BCUT2D eigenvalue weighted by atomic mass is 9.88. The van der Waals surface area contributed by atoms with Crippen molar-refractivity contribution in [2.45, 2.75) is 50.8 Å². The second kappa shape index (κ2) is 4.62. The van der Waals surface area contributed by atoms with E-state index in [1.54, 1.807) is 13.8 Å². The van der Waals surface area contributed by atoms with Gasteiger partial charge >= 0.3 is 0 Å². The molecule has 0 saturated heterocycles. The van der Waals surface area contributed by atoms with Gasteiger partial charge in [-0.1, -0.05) is 0 Å². The second-order valence-corrected chi connectivity index (χ2v) is 7.26. The van der Waals surface area contributed by atoms with Gasteiger partial charge < -0.3 is 5.73 Å². The monoisotopic (exact) mass is 219 g/mol. The van der Waals surface area contributed by atoms with Crippen molar-refractivity contribution < 1.29 is 8.42 Å². The smallest absolute Gasteiger partial charge is 0.152 e. The van der Waals surface area contributed by atoms with E-state index < -0.39 is 9.84 Å².